The molecule has 4 fully saturated rings. The van der Waals surface area contributed by atoms with E-state index in [2.05, 4.69) is 136 Å². The molecule has 1 nitrogen and oxygen atoms in total. The van der Waals surface area contributed by atoms with Gasteiger partial charge in [0, 0.05) is 22.1 Å². The van der Waals surface area contributed by atoms with E-state index < -0.39 is 0 Å². The van der Waals surface area contributed by atoms with Crippen LogP contribution in [0.25, 0.3) is 21.9 Å². The fourth-order valence-corrected chi connectivity index (χ4v) is 11.9. The fourth-order valence-electron chi connectivity index (χ4n) is 11.9. The quantitative estimate of drug-likeness (QED) is 0.196. The minimum absolute atomic E-state index is 0.140. The molecule has 6 aliphatic carbocycles. The number of benzene rings is 5. The summed E-state index contributed by atoms with van der Waals surface area (Å²) in [6.45, 7) is 9.79. The van der Waals surface area contributed by atoms with Gasteiger partial charge in [-0.3, -0.25) is 0 Å². The summed E-state index contributed by atoms with van der Waals surface area (Å²) in [5.41, 5.74) is 13.6. The zero-order valence-electron chi connectivity index (χ0n) is 28.5. The van der Waals surface area contributed by atoms with E-state index in [1.165, 1.54) is 95.0 Å². The van der Waals surface area contributed by atoms with Gasteiger partial charge < -0.3 is 4.90 Å². The van der Waals surface area contributed by atoms with Crippen molar-refractivity contribution in [3.8, 4) is 11.1 Å². The van der Waals surface area contributed by atoms with Crippen LogP contribution in [0.4, 0.5) is 17.1 Å². The zero-order chi connectivity index (χ0) is 31.7. The number of anilines is 3. The minimum Gasteiger partial charge on any atom is -0.309 e. The van der Waals surface area contributed by atoms with Gasteiger partial charge in [0.2, 0.25) is 0 Å². The second kappa shape index (κ2) is 9.62. The standard InChI is InChI=1S/C46H47N/c1-44(2)21-22-45(3,4)40-28-34(19-20-38(40)44)47(41-17-9-12-31-11-5-6-13-35(31)41)42-18-10-16-39-43(42)36-14-7-8-15-37(36)46(39)32-24-29-23-30(26-32)27-33(46)25-29/h5-20,28-30,32-33H,21-27H2,1-4H3. The molecule has 0 aromatic heterocycles. The number of rotatable bonds is 3. The maximum Gasteiger partial charge on any atom is 0.0543 e. The van der Waals surface area contributed by atoms with Gasteiger partial charge in [-0.2, -0.15) is 0 Å². The Morgan fingerprint density at radius 2 is 1.15 bits per heavy atom. The van der Waals surface area contributed by atoms with Crippen molar-refractivity contribution in [1.82, 2.24) is 0 Å². The van der Waals surface area contributed by atoms with Gasteiger partial charge in [-0.05, 0) is 137 Å². The Morgan fingerprint density at radius 1 is 0.532 bits per heavy atom. The van der Waals surface area contributed by atoms with Crippen LogP contribution in [0.3, 0.4) is 0 Å². The number of fused-ring (bicyclic) bond motifs is 5. The first kappa shape index (κ1) is 28.2. The predicted molar refractivity (Wildman–Crippen MR) is 197 cm³/mol. The lowest BCUT2D eigenvalue weighted by atomic mass is 9.43. The molecule has 1 spiro atoms. The third-order valence-electron chi connectivity index (χ3n) is 13.9. The van der Waals surface area contributed by atoms with Crippen molar-refractivity contribution in [3.63, 3.8) is 0 Å². The maximum absolute atomic E-state index is 2.64. The van der Waals surface area contributed by atoms with E-state index in [1.807, 2.05) is 0 Å². The summed E-state index contributed by atoms with van der Waals surface area (Å²) in [5, 5.41) is 2.60. The second-order valence-electron chi connectivity index (χ2n) is 17.3. The van der Waals surface area contributed by atoms with Crippen molar-refractivity contribution < 1.29 is 0 Å². The van der Waals surface area contributed by atoms with Crippen molar-refractivity contribution in [2.24, 2.45) is 23.7 Å². The molecule has 11 rings (SSSR count). The summed E-state index contributed by atoms with van der Waals surface area (Å²) in [7, 11) is 0. The van der Waals surface area contributed by atoms with Gasteiger partial charge in [0.1, 0.15) is 0 Å². The summed E-state index contributed by atoms with van der Waals surface area (Å²) in [4.78, 5) is 2.64. The van der Waals surface area contributed by atoms with Crippen LogP contribution in [0, 0.1) is 23.7 Å². The van der Waals surface area contributed by atoms with Crippen molar-refractivity contribution in [1.29, 1.82) is 0 Å². The first-order valence-electron chi connectivity index (χ1n) is 18.4. The third kappa shape index (κ3) is 3.78. The Bertz CT molecular complexity index is 2040. The third-order valence-corrected chi connectivity index (χ3v) is 13.9. The average molecular weight is 614 g/mol. The average Bonchev–Trinajstić information content (AvgIpc) is 3.37. The van der Waals surface area contributed by atoms with E-state index in [4.69, 9.17) is 0 Å². The van der Waals surface area contributed by atoms with Gasteiger partial charge >= 0.3 is 0 Å². The molecule has 0 atom stereocenters. The lowest BCUT2D eigenvalue weighted by Crippen LogP contribution is -2.55. The molecule has 0 radical (unpaired) electrons. The van der Waals surface area contributed by atoms with Crippen LogP contribution in [0.1, 0.15) is 94.9 Å². The van der Waals surface area contributed by atoms with Gasteiger partial charge in [0.15, 0.2) is 0 Å². The normalized spacial score (nSPS) is 28.7. The monoisotopic (exact) mass is 613 g/mol. The molecule has 0 aliphatic heterocycles. The summed E-state index contributed by atoms with van der Waals surface area (Å²) < 4.78 is 0. The lowest BCUT2D eigenvalue weighted by molar-refractivity contribution is -0.0399. The largest absolute Gasteiger partial charge is 0.309 e. The smallest absolute Gasteiger partial charge is 0.0543 e. The molecule has 236 valence electrons. The number of nitrogens with zero attached hydrogens (tertiary/aromatic N) is 1. The first-order chi connectivity index (χ1) is 22.8. The summed E-state index contributed by atoms with van der Waals surface area (Å²) in [6.07, 6.45) is 9.57. The Labute approximate surface area is 281 Å². The molecule has 47 heavy (non-hydrogen) atoms. The highest BCUT2D eigenvalue weighted by Gasteiger charge is 2.61. The summed E-state index contributed by atoms with van der Waals surface area (Å²) in [5.74, 6) is 3.40. The fraction of sp³-hybridized carbons (Fsp3) is 0.391. The van der Waals surface area contributed by atoms with Gasteiger partial charge in [-0.15, -0.1) is 0 Å². The van der Waals surface area contributed by atoms with Crippen LogP contribution in [0.5, 0.6) is 0 Å². The molecule has 5 aromatic rings. The SMILES string of the molecule is CC1(C)CCC(C)(C)c2cc(N(c3cccc4c3-c3ccccc3C43C4CC5CC(C4)CC3C5)c3cccc4ccccc34)ccc21. The van der Waals surface area contributed by atoms with Gasteiger partial charge in [-0.25, -0.2) is 0 Å². The highest BCUT2D eigenvalue weighted by atomic mass is 15.1. The molecule has 4 saturated carbocycles. The second-order valence-corrected chi connectivity index (χ2v) is 17.3. The van der Waals surface area contributed by atoms with Crippen molar-refractivity contribution in [2.45, 2.75) is 88.9 Å². The molecule has 0 unspecified atom stereocenters. The summed E-state index contributed by atoms with van der Waals surface area (Å²) >= 11 is 0. The highest BCUT2D eigenvalue weighted by Crippen LogP contribution is 2.70. The van der Waals surface area contributed by atoms with E-state index in [0.717, 1.165) is 23.7 Å². The molecule has 0 heterocycles. The van der Waals surface area contributed by atoms with Crippen molar-refractivity contribution in [3.05, 3.63) is 125 Å². The first-order valence-corrected chi connectivity index (χ1v) is 18.4. The minimum atomic E-state index is 0.140. The topological polar surface area (TPSA) is 3.24 Å². The Hall–Kier alpha value is -3.84. The van der Waals surface area contributed by atoms with Crippen LogP contribution < -0.4 is 4.90 Å². The molecule has 0 N–H and O–H groups in total. The number of hydrogen-bond acceptors (Lipinski definition) is 1. The molecule has 1 heteroatoms. The van der Waals surface area contributed by atoms with Gasteiger partial charge in [0.05, 0.1) is 11.4 Å². The predicted octanol–water partition coefficient (Wildman–Crippen LogP) is 12.4. The summed E-state index contributed by atoms with van der Waals surface area (Å²) in [6, 6.07) is 40.3. The van der Waals surface area contributed by atoms with E-state index in [9.17, 15) is 0 Å². The number of hydrogen-bond donors (Lipinski definition) is 0. The molecule has 0 saturated heterocycles. The Balaban J connectivity index is 1.26. The Kier molecular flexibility index (Phi) is 5.77. The molecular formula is C46H47N. The van der Waals surface area contributed by atoms with Gasteiger partial charge in [0.25, 0.3) is 0 Å². The van der Waals surface area contributed by atoms with Crippen LogP contribution in [-0.4, -0.2) is 0 Å². The van der Waals surface area contributed by atoms with E-state index in [1.54, 1.807) is 11.1 Å². The zero-order valence-corrected chi connectivity index (χ0v) is 28.5. The molecule has 0 amide bonds. The van der Waals surface area contributed by atoms with Crippen LogP contribution in [-0.2, 0) is 16.2 Å². The van der Waals surface area contributed by atoms with Crippen molar-refractivity contribution >= 4 is 27.8 Å². The van der Waals surface area contributed by atoms with E-state index in [0.29, 0.717) is 0 Å². The lowest BCUT2D eigenvalue weighted by Gasteiger charge is -2.61. The van der Waals surface area contributed by atoms with Crippen LogP contribution in [0.15, 0.2) is 103 Å². The van der Waals surface area contributed by atoms with Crippen molar-refractivity contribution in [2.75, 3.05) is 4.90 Å². The van der Waals surface area contributed by atoms with Crippen LogP contribution >= 0.6 is 0 Å². The molecule has 5 aromatic carbocycles. The van der Waals surface area contributed by atoms with Gasteiger partial charge in [-0.1, -0.05) is 107 Å². The highest BCUT2D eigenvalue weighted by molar-refractivity contribution is 6.03. The van der Waals surface area contributed by atoms with Crippen LogP contribution in [0.2, 0.25) is 0 Å². The van der Waals surface area contributed by atoms with E-state index >= 15 is 0 Å². The molecule has 4 bridgehead atoms. The Morgan fingerprint density at radius 3 is 1.94 bits per heavy atom. The molecule has 6 aliphatic rings. The molecular weight excluding hydrogens is 567 g/mol. The maximum atomic E-state index is 2.64. The van der Waals surface area contributed by atoms with E-state index in [-0.39, 0.29) is 16.2 Å².